The Labute approximate surface area is 134 Å². The zero-order valence-corrected chi connectivity index (χ0v) is 12.9. The fraction of sp³-hybridized carbons (Fsp3) is 0.333. The highest BCUT2D eigenvalue weighted by atomic mass is 16.4. The fourth-order valence-corrected chi connectivity index (χ4v) is 2.85. The van der Waals surface area contributed by atoms with E-state index in [-0.39, 0.29) is 24.1 Å². The highest BCUT2D eigenvalue weighted by Gasteiger charge is 2.34. The van der Waals surface area contributed by atoms with E-state index in [1.165, 1.54) is 6.26 Å². The van der Waals surface area contributed by atoms with Crippen LogP contribution in [0.15, 0.2) is 41.0 Å². The summed E-state index contributed by atoms with van der Waals surface area (Å²) in [6, 6.07) is 9.81. The second-order valence-electron chi connectivity index (χ2n) is 5.99. The molecule has 1 fully saturated rings. The summed E-state index contributed by atoms with van der Waals surface area (Å²) in [4.78, 5) is 23.6. The van der Waals surface area contributed by atoms with Crippen molar-refractivity contribution in [2.24, 2.45) is 5.92 Å². The van der Waals surface area contributed by atoms with E-state index in [1.54, 1.807) is 6.92 Å². The molecule has 5 heteroatoms. The summed E-state index contributed by atoms with van der Waals surface area (Å²) in [5.41, 5.74) is 2.07. The highest BCUT2D eigenvalue weighted by Crippen LogP contribution is 2.41. The van der Waals surface area contributed by atoms with Gasteiger partial charge in [0.25, 0.3) is 5.91 Å². The number of hydrogen-bond acceptors (Lipinski definition) is 3. The van der Waals surface area contributed by atoms with Crippen LogP contribution in [0.4, 0.5) is 0 Å². The van der Waals surface area contributed by atoms with Gasteiger partial charge in [0.2, 0.25) is 0 Å². The first kappa shape index (κ1) is 15.3. The molecule has 1 aromatic carbocycles. The lowest BCUT2D eigenvalue weighted by atomic mass is 10.0. The van der Waals surface area contributed by atoms with Crippen LogP contribution in [0.5, 0.6) is 0 Å². The van der Waals surface area contributed by atoms with Gasteiger partial charge in [-0.1, -0.05) is 30.3 Å². The lowest BCUT2D eigenvalue weighted by Crippen LogP contribution is -2.30. The lowest BCUT2D eigenvalue weighted by molar-refractivity contribution is -0.136. The van der Waals surface area contributed by atoms with Gasteiger partial charge in [-0.2, -0.15) is 0 Å². The molecule has 5 nitrogen and oxygen atoms in total. The first-order valence-corrected chi connectivity index (χ1v) is 7.71. The Kier molecular flexibility index (Phi) is 4.19. The quantitative estimate of drug-likeness (QED) is 0.859. The van der Waals surface area contributed by atoms with Gasteiger partial charge in [-0.3, -0.25) is 9.59 Å². The first-order chi connectivity index (χ1) is 11.1. The van der Waals surface area contributed by atoms with Crippen LogP contribution in [0, 0.1) is 12.8 Å². The molecular formula is C18H19NO4. The van der Waals surface area contributed by atoms with E-state index in [4.69, 9.17) is 9.52 Å². The summed E-state index contributed by atoms with van der Waals surface area (Å²) in [6.07, 6.45) is 3.32. The minimum Gasteiger partial charge on any atom is -0.481 e. The molecule has 0 aliphatic heterocycles. The van der Waals surface area contributed by atoms with Gasteiger partial charge in [0.05, 0.1) is 17.9 Å². The summed E-state index contributed by atoms with van der Waals surface area (Å²) in [5, 5.41) is 12.0. The molecule has 2 aromatic rings. The first-order valence-electron chi connectivity index (χ1n) is 7.71. The van der Waals surface area contributed by atoms with E-state index in [1.807, 2.05) is 30.3 Å². The number of amides is 1. The maximum atomic E-state index is 12.7. The minimum atomic E-state index is -1.02. The standard InChI is InChI=1S/C18H19NO4/c1-11-10-23-14(9-15(20)21)16(11)18(22)19-17(13-7-8-13)12-5-3-2-4-6-12/h2-6,10,13,17H,7-9H2,1H3,(H,19,22)(H,20,21). The van der Waals surface area contributed by atoms with Gasteiger partial charge in [0.1, 0.15) is 12.2 Å². The Bertz CT molecular complexity index is 716. The van der Waals surface area contributed by atoms with Gasteiger partial charge in [0.15, 0.2) is 0 Å². The summed E-state index contributed by atoms with van der Waals surface area (Å²) in [5.74, 6) is -0.643. The number of furan rings is 1. The normalized spacial score (nSPS) is 15.2. The number of nitrogens with one attached hydrogen (secondary N) is 1. The van der Waals surface area contributed by atoms with Crippen molar-refractivity contribution in [2.45, 2.75) is 32.2 Å². The Balaban J connectivity index is 1.83. The van der Waals surface area contributed by atoms with Gasteiger partial charge < -0.3 is 14.8 Å². The molecule has 1 unspecified atom stereocenters. The largest absolute Gasteiger partial charge is 0.481 e. The van der Waals surface area contributed by atoms with E-state index >= 15 is 0 Å². The molecule has 0 radical (unpaired) electrons. The number of carbonyl (C=O) groups excluding carboxylic acids is 1. The van der Waals surface area contributed by atoms with Crippen molar-refractivity contribution in [2.75, 3.05) is 0 Å². The lowest BCUT2D eigenvalue weighted by Gasteiger charge is -2.19. The number of benzene rings is 1. The fourth-order valence-electron chi connectivity index (χ4n) is 2.85. The zero-order chi connectivity index (χ0) is 16.4. The van der Waals surface area contributed by atoms with Crippen LogP contribution >= 0.6 is 0 Å². The SMILES string of the molecule is Cc1coc(CC(=O)O)c1C(=O)NC(c1ccccc1)C1CC1. The smallest absolute Gasteiger partial charge is 0.311 e. The summed E-state index contributed by atoms with van der Waals surface area (Å²) in [7, 11) is 0. The second-order valence-corrected chi connectivity index (χ2v) is 5.99. The van der Waals surface area contributed by atoms with Gasteiger partial charge in [-0.05, 0) is 31.2 Å². The number of carboxylic acids is 1. The van der Waals surface area contributed by atoms with Crippen molar-refractivity contribution in [1.82, 2.24) is 5.32 Å². The average Bonchev–Trinajstić information content (AvgIpc) is 3.30. The monoisotopic (exact) mass is 313 g/mol. The molecule has 0 spiro atoms. The van der Waals surface area contributed by atoms with Crippen molar-refractivity contribution in [3.05, 3.63) is 59.0 Å². The number of rotatable bonds is 6. The third kappa shape index (κ3) is 3.44. The molecule has 1 heterocycles. The van der Waals surface area contributed by atoms with Crippen LogP contribution < -0.4 is 5.32 Å². The van der Waals surface area contributed by atoms with Gasteiger partial charge in [0, 0.05) is 5.56 Å². The van der Waals surface area contributed by atoms with Crippen LogP contribution in [-0.4, -0.2) is 17.0 Å². The molecule has 0 bridgehead atoms. The molecule has 1 atom stereocenters. The second kappa shape index (κ2) is 6.28. The Hall–Kier alpha value is -2.56. The van der Waals surface area contributed by atoms with Crippen LogP contribution in [0.25, 0.3) is 0 Å². The highest BCUT2D eigenvalue weighted by molar-refractivity contribution is 5.97. The molecule has 1 aliphatic rings. The third-order valence-corrected chi connectivity index (χ3v) is 4.13. The van der Waals surface area contributed by atoms with E-state index in [2.05, 4.69) is 5.32 Å². The maximum Gasteiger partial charge on any atom is 0.311 e. The van der Waals surface area contributed by atoms with Crippen molar-refractivity contribution >= 4 is 11.9 Å². The Morgan fingerprint density at radius 2 is 2.00 bits per heavy atom. The van der Waals surface area contributed by atoms with Gasteiger partial charge >= 0.3 is 5.97 Å². The van der Waals surface area contributed by atoms with Crippen LogP contribution in [0.1, 0.15) is 46.1 Å². The number of aliphatic carboxylic acids is 1. The molecule has 3 rings (SSSR count). The molecule has 120 valence electrons. The Morgan fingerprint density at radius 1 is 1.30 bits per heavy atom. The topological polar surface area (TPSA) is 79.5 Å². The summed E-state index contributed by atoms with van der Waals surface area (Å²) >= 11 is 0. The molecular weight excluding hydrogens is 294 g/mol. The van der Waals surface area contributed by atoms with Crippen LogP contribution in [0.2, 0.25) is 0 Å². The molecule has 23 heavy (non-hydrogen) atoms. The zero-order valence-electron chi connectivity index (χ0n) is 12.9. The van der Waals surface area contributed by atoms with Crippen molar-refractivity contribution in [3.8, 4) is 0 Å². The minimum absolute atomic E-state index is 0.0457. The summed E-state index contributed by atoms with van der Waals surface area (Å²) in [6.45, 7) is 1.75. The molecule has 1 amide bonds. The number of hydrogen-bond donors (Lipinski definition) is 2. The molecule has 1 aliphatic carbocycles. The number of aryl methyl sites for hydroxylation is 1. The molecule has 2 N–H and O–H groups in total. The van der Waals surface area contributed by atoms with Crippen LogP contribution in [-0.2, 0) is 11.2 Å². The van der Waals surface area contributed by atoms with E-state index < -0.39 is 5.97 Å². The van der Waals surface area contributed by atoms with Crippen molar-refractivity contribution in [1.29, 1.82) is 0 Å². The number of carboxylic acid groups (broad SMARTS) is 1. The van der Waals surface area contributed by atoms with Crippen molar-refractivity contribution < 1.29 is 19.1 Å². The predicted molar refractivity (Wildman–Crippen MR) is 84.2 cm³/mol. The predicted octanol–water partition coefficient (Wildman–Crippen LogP) is 3.10. The third-order valence-electron chi connectivity index (χ3n) is 4.13. The molecule has 1 saturated carbocycles. The van der Waals surface area contributed by atoms with E-state index in [0.29, 0.717) is 17.0 Å². The van der Waals surface area contributed by atoms with Crippen molar-refractivity contribution in [3.63, 3.8) is 0 Å². The van der Waals surface area contributed by atoms with E-state index in [9.17, 15) is 9.59 Å². The molecule has 0 saturated heterocycles. The summed E-state index contributed by atoms with van der Waals surface area (Å²) < 4.78 is 5.25. The molecule has 1 aromatic heterocycles. The van der Waals surface area contributed by atoms with Crippen LogP contribution in [0.3, 0.4) is 0 Å². The average molecular weight is 313 g/mol. The Morgan fingerprint density at radius 3 is 2.61 bits per heavy atom. The van der Waals surface area contributed by atoms with Gasteiger partial charge in [-0.15, -0.1) is 0 Å². The number of carbonyl (C=O) groups is 2. The van der Waals surface area contributed by atoms with E-state index in [0.717, 1.165) is 18.4 Å². The van der Waals surface area contributed by atoms with Gasteiger partial charge in [-0.25, -0.2) is 0 Å². The maximum absolute atomic E-state index is 12.7.